The monoisotopic (exact) mass is 212 g/mol. The molecule has 1 rings (SSSR count). The molecule has 1 aromatic carbocycles. The van der Waals surface area contributed by atoms with Crippen molar-refractivity contribution in [2.45, 2.75) is 45.0 Å². The lowest BCUT2D eigenvalue weighted by atomic mass is 10.1. The van der Waals surface area contributed by atoms with Crippen molar-refractivity contribution in [3.8, 4) is 0 Å². The summed E-state index contributed by atoms with van der Waals surface area (Å²) in [5.74, 6) is 0. The van der Waals surface area contributed by atoms with E-state index >= 15 is 0 Å². The minimum Gasteiger partial charge on any atom is -0.211 e. The van der Waals surface area contributed by atoms with Crippen molar-refractivity contribution in [2.75, 3.05) is 0 Å². The summed E-state index contributed by atoms with van der Waals surface area (Å²) in [6.45, 7) is 0. The van der Waals surface area contributed by atoms with E-state index < -0.39 is 6.43 Å². The quantitative estimate of drug-likeness (QED) is 0.586. The average molecular weight is 212 g/mol. The first kappa shape index (κ1) is 12.2. The van der Waals surface area contributed by atoms with E-state index in [0.717, 1.165) is 25.7 Å². The van der Waals surface area contributed by atoms with Crippen molar-refractivity contribution < 1.29 is 8.78 Å². The van der Waals surface area contributed by atoms with Gasteiger partial charge in [-0.25, -0.2) is 8.78 Å². The molecule has 0 spiro atoms. The summed E-state index contributed by atoms with van der Waals surface area (Å²) in [6.07, 6.45) is 2.75. The van der Waals surface area contributed by atoms with Crippen LogP contribution in [0.15, 0.2) is 30.3 Å². The Kier molecular flexibility index (Phi) is 5.98. The van der Waals surface area contributed by atoms with Crippen LogP contribution >= 0.6 is 0 Å². The minimum absolute atomic E-state index is 0.0609. The van der Waals surface area contributed by atoms with E-state index in [2.05, 4.69) is 12.1 Å². The summed E-state index contributed by atoms with van der Waals surface area (Å²) in [4.78, 5) is 0. The normalized spacial score (nSPS) is 10.9. The fourth-order valence-electron chi connectivity index (χ4n) is 1.63. The molecule has 2 heteroatoms. The number of hydrogen-bond acceptors (Lipinski definition) is 0. The standard InChI is InChI=1S/C13H18F2/c14-13(15)11-7-2-1-4-8-12-9-5-3-6-10-12/h3,5-6,9-10,13H,1-2,4,7-8,11H2. The zero-order chi connectivity index (χ0) is 10.9. The zero-order valence-electron chi connectivity index (χ0n) is 8.96. The fourth-order valence-corrected chi connectivity index (χ4v) is 1.63. The maximum Gasteiger partial charge on any atom is 0.238 e. The van der Waals surface area contributed by atoms with Gasteiger partial charge in [0.2, 0.25) is 6.43 Å². The smallest absolute Gasteiger partial charge is 0.211 e. The van der Waals surface area contributed by atoms with Gasteiger partial charge in [-0.2, -0.15) is 0 Å². The average Bonchev–Trinajstić information content (AvgIpc) is 2.24. The molecule has 0 atom stereocenters. The van der Waals surface area contributed by atoms with E-state index in [1.807, 2.05) is 18.2 Å². The molecule has 0 radical (unpaired) electrons. The third-order valence-electron chi connectivity index (χ3n) is 2.48. The Hall–Kier alpha value is -0.920. The van der Waals surface area contributed by atoms with Crippen LogP contribution in [0.1, 0.15) is 37.7 Å². The van der Waals surface area contributed by atoms with Crippen LogP contribution in [0.3, 0.4) is 0 Å². The van der Waals surface area contributed by atoms with E-state index in [0.29, 0.717) is 6.42 Å². The largest absolute Gasteiger partial charge is 0.238 e. The molecule has 0 aliphatic heterocycles. The molecule has 0 aliphatic carbocycles. The molecule has 0 bridgehead atoms. The number of unbranched alkanes of at least 4 members (excludes halogenated alkanes) is 3. The van der Waals surface area contributed by atoms with Crippen LogP contribution in [-0.2, 0) is 6.42 Å². The Balaban J connectivity index is 1.98. The zero-order valence-corrected chi connectivity index (χ0v) is 8.96. The van der Waals surface area contributed by atoms with Gasteiger partial charge in [0.15, 0.2) is 0 Å². The number of hydrogen-bond donors (Lipinski definition) is 0. The van der Waals surface area contributed by atoms with Crippen molar-refractivity contribution >= 4 is 0 Å². The van der Waals surface area contributed by atoms with E-state index in [4.69, 9.17) is 0 Å². The first-order valence-electron chi connectivity index (χ1n) is 5.61. The molecule has 15 heavy (non-hydrogen) atoms. The molecule has 1 aromatic rings. The van der Waals surface area contributed by atoms with Gasteiger partial charge in [-0.05, 0) is 24.8 Å². The number of aryl methyl sites for hydroxylation is 1. The SMILES string of the molecule is FC(F)CCCCCCc1ccccc1. The molecule has 0 saturated heterocycles. The van der Waals surface area contributed by atoms with Crippen molar-refractivity contribution in [1.82, 2.24) is 0 Å². The van der Waals surface area contributed by atoms with Crippen LogP contribution in [-0.4, -0.2) is 6.43 Å². The van der Waals surface area contributed by atoms with E-state index in [-0.39, 0.29) is 6.42 Å². The Bertz CT molecular complexity index is 244. The van der Waals surface area contributed by atoms with Gasteiger partial charge < -0.3 is 0 Å². The van der Waals surface area contributed by atoms with Crippen LogP contribution < -0.4 is 0 Å². The van der Waals surface area contributed by atoms with Gasteiger partial charge in [0.25, 0.3) is 0 Å². The summed E-state index contributed by atoms with van der Waals surface area (Å²) in [7, 11) is 0. The first-order valence-corrected chi connectivity index (χ1v) is 5.61. The van der Waals surface area contributed by atoms with Gasteiger partial charge in [-0.15, -0.1) is 0 Å². The Morgan fingerprint density at radius 3 is 2.20 bits per heavy atom. The highest BCUT2D eigenvalue weighted by molar-refractivity contribution is 5.14. The van der Waals surface area contributed by atoms with Gasteiger partial charge >= 0.3 is 0 Å². The van der Waals surface area contributed by atoms with E-state index in [1.54, 1.807) is 0 Å². The molecule has 0 saturated carbocycles. The summed E-state index contributed by atoms with van der Waals surface area (Å²) < 4.78 is 23.6. The van der Waals surface area contributed by atoms with Crippen LogP contribution in [0.5, 0.6) is 0 Å². The molecular weight excluding hydrogens is 194 g/mol. The van der Waals surface area contributed by atoms with E-state index in [1.165, 1.54) is 5.56 Å². The highest BCUT2D eigenvalue weighted by Crippen LogP contribution is 2.11. The molecule has 0 heterocycles. The predicted molar refractivity (Wildman–Crippen MR) is 59.2 cm³/mol. The Morgan fingerprint density at radius 1 is 0.867 bits per heavy atom. The molecule has 0 unspecified atom stereocenters. The van der Waals surface area contributed by atoms with Gasteiger partial charge in [0.1, 0.15) is 0 Å². The first-order chi connectivity index (χ1) is 7.29. The van der Waals surface area contributed by atoms with Crippen LogP contribution in [0.25, 0.3) is 0 Å². The second-order valence-electron chi connectivity index (χ2n) is 3.83. The number of benzene rings is 1. The molecule has 0 N–H and O–H groups in total. The Labute approximate surface area is 90.3 Å². The molecule has 0 fully saturated rings. The molecule has 84 valence electrons. The van der Waals surface area contributed by atoms with E-state index in [9.17, 15) is 8.78 Å². The maximum atomic E-state index is 11.8. The lowest BCUT2D eigenvalue weighted by molar-refractivity contribution is 0.133. The van der Waals surface area contributed by atoms with Gasteiger partial charge in [-0.1, -0.05) is 43.2 Å². The number of rotatable bonds is 7. The van der Waals surface area contributed by atoms with Gasteiger partial charge in [0.05, 0.1) is 0 Å². The minimum atomic E-state index is -2.13. The second kappa shape index (κ2) is 7.38. The van der Waals surface area contributed by atoms with Crippen molar-refractivity contribution in [1.29, 1.82) is 0 Å². The van der Waals surface area contributed by atoms with Crippen molar-refractivity contribution in [2.24, 2.45) is 0 Å². The summed E-state index contributed by atoms with van der Waals surface area (Å²) in [6, 6.07) is 10.3. The van der Waals surface area contributed by atoms with Crippen LogP contribution in [0.4, 0.5) is 8.78 Å². The molecular formula is C13H18F2. The second-order valence-corrected chi connectivity index (χ2v) is 3.83. The molecule has 0 nitrogen and oxygen atoms in total. The highest BCUT2D eigenvalue weighted by Gasteiger charge is 2.00. The molecule has 0 amide bonds. The molecule has 0 aliphatic rings. The number of alkyl halides is 2. The van der Waals surface area contributed by atoms with Gasteiger partial charge in [-0.3, -0.25) is 0 Å². The number of halogens is 2. The van der Waals surface area contributed by atoms with Gasteiger partial charge in [0, 0.05) is 6.42 Å². The fraction of sp³-hybridized carbons (Fsp3) is 0.538. The van der Waals surface area contributed by atoms with Crippen molar-refractivity contribution in [3.63, 3.8) is 0 Å². The summed E-state index contributed by atoms with van der Waals surface area (Å²) in [5, 5.41) is 0. The maximum absolute atomic E-state index is 11.8. The summed E-state index contributed by atoms with van der Waals surface area (Å²) >= 11 is 0. The van der Waals surface area contributed by atoms with Crippen LogP contribution in [0, 0.1) is 0 Å². The third-order valence-corrected chi connectivity index (χ3v) is 2.48. The Morgan fingerprint density at radius 2 is 1.53 bits per heavy atom. The third kappa shape index (κ3) is 6.21. The lowest BCUT2D eigenvalue weighted by Gasteiger charge is -2.01. The van der Waals surface area contributed by atoms with Crippen LogP contribution in [0.2, 0.25) is 0 Å². The predicted octanol–water partition coefficient (Wildman–Crippen LogP) is 4.44. The highest BCUT2D eigenvalue weighted by atomic mass is 19.3. The lowest BCUT2D eigenvalue weighted by Crippen LogP contribution is -1.90. The topological polar surface area (TPSA) is 0 Å². The molecule has 0 aromatic heterocycles. The summed E-state index contributed by atoms with van der Waals surface area (Å²) in [5.41, 5.74) is 1.34. The van der Waals surface area contributed by atoms with Crippen molar-refractivity contribution in [3.05, 3.63) is 35.9 Å².